The van der Waals surface area contributed by atoms with E-state index in [1.54, 1.807) is 7.11 Å². The van der Waals surface area contributed by atoms with E-state index in [-0.39, 0.29) is 5.91 Å². The summed E-state index contributed by atoms with van der Waals surface area (Å²) in [6.07, 6.45) is 1.83. The van der Waals surface area contributed by atoms with Gasteiger partial charge in [0, 0.05) is 25.2 Å². The van der Waals surface area contributed by atoms with E-state index in [0.29, 0.717) is 37.6 Å². The molecule has 2 rings (SSSR count). The summed E-state index contributed by atoms with van der Waals surface area (Å²) in [5.74, 6) is 1.44. The Bertz CT molecular complexity index is 729. The van der Waals surface area contributed by atoms with Gasteiger partial charge < -0.3 is 20.1 Å². The zero-order valence-electron chi connectivity index (χ0n) is 16.5. The van der Waals surface area contributed by atoms with E-state index in [0.717, 1.165) is 29.7 Å². The van der Waals surface area contributed by atoms with Gasteiger partial charge in [-0.3, -0.25) is 4.79 Å². The minimum Gasteiger partial charge on any atom is -0.493 e. The molecular weight excluding hydrogens is 340 g/mol. The molecule has 0 heterocycles. The van der Waals surface area contributed by atoms with E-state index in [4.69, 9.17) is 15.2 Å². The number of hydrogen-bond acceptors (Lipinski definition) is 4. The highest BCUT2D eigenvalue weighted by Gasteiger charge is 2.16. The van der Waals surface area contributed by atoms with Crippen LogP contribution in [0.1, 0.15) is 48.2 Å². The normalized spacial score (nSPS) is 10.5. The van der Waals surface area contributed by atoms with E-state index in [9.17, 15) is 4.79 Å². The van der Waals surface area contributed by atoms with Crippen LogP contribution >= 0.6 is 0 Å². The molecule has 0 fully saturated rings. The molecule has 146 valence electrons. The number of carbonyl (C=O) groups is 1. The quantitative estimate of drug-likeness (QED) is 0.687. The number of amides is 1. The molecule has 0 unspecified atom stereocenters. The topological polar surface area (TPSA) is 64.8 Å². The minimum atomic E-state index is 0.0192. The molecule has 27 heavy (non-hydrogen) atoms. The summed E-state index contributed by atoms with van der Waals surface area (Å²) in [7, 11) is 1.63. The number of ether oxygens (including phenoxy) is 2. The van der Waals surface area contributed by atoms with Gasteiger partial charge in [-0.1, -0.05) is 32.0 Å². The third kappa shape index (κ3) is 5.73. The zero-order valence-corrected chi connectivity index (χ0v) is 16.5. The standard InChI is InChI=1S/C22H30N2O3/c1-4-12-24(22(25)19-9-6-17(15-23)7-10-19)16-18-8-11-20(27-13-5-2)21(14-18)26-3/h6-11,14H,4-5,12-13,15-16,23H2,1-3H3. The third-order valence-corrected chi connectivity index (χ3v) is 4.28. The van der Waals surface area contributed by atoms with Gasteiger partial charge in [-0.2, -0.15) is 0 Å². The first-order chi connectivity index (χ1) is 13.1. The lowest BCUT2D eigenvalue weighted by molar-refractivity contribution is 0.0743. The lowest BCUT2D eigenvalue weighted by Crippen LogP contribution is -2.31. The molecule has 0 aliphatic carbocycles. The second-order valence-corrected chi connectivity index (χ2v) is 6.46. The van der Waals surface area contributed by atoms with Crippen LogP contribution in [0.4, 0.5) is 0 Å². The van der Waals surface area contributed by atoms with Crippen LogP contribution in [0.2, 0.25) is 0 Å². The smallest absolute Gasteiger partial charge is 0.254 e. The first-order valence-corrected chi connectivity index (χ1v) is 9.50. The summed E-state index contributed by atoms with van der Waals surface area (Å²) < 4.78 is 11.2. The Balaban J connectivity index is 2.17. The molecule has 0 aliphatic heterocycles. The van der Waals surface area contributed by atoms with Crippen molar-refractivity contribution in [1.29, 1.82) is 0 Å². The van der Waals surface area contributed by atoms with Crippen molar-refractivity contribution in [3.63, 3.8) is 0 Å². The molecule has 2 aromatic carbocycles. The Morgan fingerprint density at radius 2 is 1.70 bits per heavy atom. The van der Waals surface area contributed by atoms with Gasteiger partial charge in [0.15, 0.2) is 11.5 Å². The molecule has 0 bridgehead atoms. The van der Waals surface area contributed by atoms with Crippen LogP contribution < -0.4 is 15.2 Å². The van der Waals surface area contributed by atoms with Crippen molar-refractivity contribution < 1.29 is 14.3 Å². The van der Waals surface area contributed by atoms with E-state index in [1.807, 2.05) is 47.4 Å². The van der Waals surface area contributed by atoms with Crippen molar-refractivity contribution in [3.05, 3.63) is 59.2 Å². The van der Waals surface area contributed by atoms with Crippen molar-refractivity contribution in [2.24, 2.45) is 5.73 Å². The van der Waals surface area contributed by atoms with Gasteiger partial charge in [0.05, 0.1) is 13.7 Å². The maximum absolute atomic E-state index is 12.9. The Morgan fingerprint density at radius 1 is 1.00 bits per heavy atom. The van der Waals surface area contributed by atoms with Gasteiger partial charge in [-0.25, -0.2) is 0 Å². The summed E-state index contributed by atoms with van der Waals surface area (Å²) in [5, 5.41) is 0. The van der Waals surface area contributed by atoms with Crippen LogP contribution in [0.5, 0.6) is 11.5 Å². The SMILES string of the molecule is CCCOc1ccc(CN(CCC)C(=O)c2ccc(CN)cc2)cc1OC. The lowest BCUT2D eigenvalue weighted by atomic mass is 10.1. The predicted octanol–water partition coefficient (Wildman–Crippen LogP) is 4.00. The minimum absolute atomic E-state index is 0.0192. The number of benzene rings is 2. The molecule has 1 amide bonds. The largest absolute Gasteiger partial charge is 0.493 e. The van der Waals surface area contributed by atoms with Crippen molar-refractivity contribution >= 4 is 5.91 Å². The molecule has 0 radical (unpaired) electrons. The first kappa shape index (κ1) is 20.8. The molecule has 5 heteroatoms. The predicted molar refractivity (Wildman–Crippen MR) is 108 cm³/mol. The fraction of sp³-hybridized carbons (Fsp3) is 0.409. The highest BCUT2D eigenvalue weighted by molar-refractivity contribution is 5.94. The number of rotatable bonds is 10. The number of hydrogen-bond donors (Lipinski definition) is 1. The van der Waals surface area contributed by atoms with Crippen molar-refractivity contribution in [2.75, 3.05) is 20.3 Å². The maximum Gasteiger partial charge on any atom is 0.254 e. The van der Waals surface area contributed by atoms with Gasteiger partial charge >= 0.3 is 0 Å². The molecule has 0 atom stereocenters. The fourth-order valence-corrected chi connectivity index (χ4v) is 2.85. The Morgan fingerprint density at radius 3 is 2.30 bits per heavy atom. The van der Waals surface area contributed by atoms with Crippen LogP contribution in [0, 0.1) is 0 Å². The van der Waals surface area contributed by atoms with Crippen molar-refractivity contribution in [3.8, 4) is 11.5 Å². The average molecular weight is 370 g/mol. The maximum atomic E-state index is 12.9. The summed E-state index contributed by atoms with van der Waals surface area (Å²) >= 11 is 0. The van der Waals surface area contributed by atoms with Gasteiger partial charge in [-0.15, -0.1) is 0 Å². The molecule has 0 aliphatic rings. The highest BCUT2D eigenvalue weighted by atomic mass is 16.5. The van der Waals surface area contributed by atoms with Gasteiger partial charge in [-0.05, 0) is 48.2 Å². The molecule has 2 N–H and O–H groups in total. The summed E-state index contributed by atoms with van der Waals surface area (Å²) in [5.41, 5.74) is 8.34. The molecule has 2 aromatic rings. The van der Waals surface area contributed by atoms with E-state index in [2.05, 4.69) is 13.8 Å². The fourth-order valence-electron chi connectivity index (χ4n) is 2.85. The summed E-state index contributed by atoms with van der Waals surface area (Å²) in [6, 6.07) is 13.3. The van der Waals surface area contributed by atoms with Crippen LogP contribution in [0.3, 0.4) is 0 Å². The number of methoxy groups -OCH3 is 1. The average Bonchev–Trinajstić information content (AvgIpc) is 2.71. The summed E-state index contributed by atoms with van der Waals surface area (Å²) in [4.78, 5) is 14.8. The Kier molecular flexibility index (Phi) is 8.14. The van der Waals surface area contributed by atoms with Gasteiger partial charge in [0.25, 0.3) is 5.91 Å². The van der Waals surface area contributed by atoms with Crippen LogP contribution in [-0.2, 0) is 13.1 Å². The number of carbonyl (C=O) groups excluding carboxylic acids is 1. The van der Waals surface area contributed by atoms with E-state index < -0.39 is 0 Å². The summed E-state index contributed by atoms with van der Waals surface area (Å²) in [6.45, 7) is 6.47. The molecular formula is C22H30N2O3. The second-order valence-electron chi connectivity index (χ2n) is 6.46. The second kappa shape index (κ2) is 10.6. The van der Waals surface area contributed by atoms with Crippen LogP contribution in [0.25, 0.3) is 0 Å². The Labute approximate surface area is 162 Å². The van der Waals surface area contributed by atoms with E-state index >= 15 is 0 Å². The molecule has 0 aromatic heterocycles. The highest BCUT2D eigenvalue weighted by Crippen LogP contribution is 2.29. The van der Waals surface area contributed by atoms with Crippen molar-refractivity contribution in [2.45, 2.75) is 39.8 Å². The number of nitrogens with zero attached hydrogens (tertiary/aromatic N) is 1. The Hall–Kier alpha value is -2.53. The van der Waals surface area contributed by atoms with Gasteiger partial charge in [0.2, 0.25) is 0 Å². The van der Waals surface area contributed by atoms with Gasteiger partial charge in [0.1, 0.15) is 0 Å². The van der Waals surface area contributed by atoms with Crippen LogP contribution in [0.15, 0.2) is 42.5 Å². The monoisotopic (exact) mass is 370 g/mol. The third-order valence-electron chi connectivity index (χ3n) is 4.28. The first-order valence-electron chi connectivity index (χ1n) is 9.50. The molecule has 0 spiro atoms. The van der Waals surface area contributed by atoms with E-state index in [1.165, 1.54) is 0 Å². The van der Waals surface area contributed by atoms with Crippen molar-refractivity contribution in [1.82, 2.24) is 4.90 Å². The number of nitrogens with two attached hydrogens (primary N) is 1. The zero-order chi connectivity index (χ0) is 19.6. The molecule has 5 nitrogen and oxygen atoms in total. The van der Waals surface area contributed by atoms with Crippen LogP contribution in [-0.4, -0.2) is 31.1 Å². The molecule has 0 saturated heterocycles. The lowest BCUT2D eigenvalue weighted by Gasteiger charge is -2.23. The molecule has 0 saturated carbocycles.